The molecule has 1 aromatic carbocycles. The Morgan fingerprint density at radius 2 is 1.85 bits per heavy atom. The minimum atomic E-state index is -0.282. The number of carbonyl (C=O) groups is 1. The van der Waals surface area contributed by atoms with Gasteiger partial charge in [-0.25, -0.2) is 0 Å². The van der Waals surface area contributed by atoms with Crippen molar-refractivity contribution in [2.24, 2.45) is 0 Å². The van der Waals surface area contributed by atoms with E-state index >= 15 is 0 Å². The fourth-order valence-electron chi connectivity index (χ4n) is 4.32. The van der Waals surface area contributed by atoms with Crippen LogP contribution >= 0.6 is 0 Å². The van der Waals surface area contributed by atoms with E-state index in [-0.39, 0.29) is 11.3 Å². The fraction of sp³-hybridized carbons (Fsp3) is 0.381. The van der Waals surface area contributed by atoms with E-state index in [0.717, 1.165) is 50.2 Å². The van der Waals surface area contributed by atoms with E-state index in [2.05, 4.69) is 31.6 Å². The van der Waals surface area contributed by atoms with Crippen LogP contribution in [0.3, 0.4) is 0 Å². The molecule has 1 amide bonds. The number of nitrogens with zero attached hydrogens (tertiary/aromatic N) is 4. The van der Waals surface area contributed by atoms with Gasteiger partial charge in [0.25, 0.3) is 0 Å². The first-order valence-corrected chi connectivity index (χ1v) is 9.42. The van der Waals surface area contributed by atoms with Crippen LogP contribution in [-0.4, -0.2) is 38.5 Å². The first-order chi connectivity index (χ1) is 12.8. The normalized spacial score (nSPS) is 21.7. The molecule has 132 valence electrons. The van der Waals surface area contributed by atoms with Crippen molar-refractivity contribution in [1.82, 2.24) is 19.5 Å². The van der Waals surface area contributed by atoms with Gasteiger partial charge >= 0.3 is 0 Å². The minimum absolute atomic E-state index is 0.247. The molecule has 2 fully saturated rings. The maximum absolute atomic E-state index is 13.3. The predicted molar refractivity (Wildman–Crippen MR) is 98.9 cm³/mol. The summed E-state index contributed by atoms with van der Waals surface area (Å²) >= 11 is 0. The van der Waals surface area contributed by atoms with Crippen molar-refractivity contribution in [3.05, 3.63) is 66.1 Å². The van der Waals surface area contributed by atoms with Crippen LogP contribution in [-0.2, 0) is 10.2 Å². The number of likely N-dealkylation sites (tertiary alicyclic amines) is 1. The number of fused-ring (bicyclic) bond motifs is 1. The zero-order valence-electron chi connectivity index (χ0n) is 14.7. The third-order valence-electron chi connectivity index (χ3n) is 5.90. The van der Waals surface area contributed by atoms with Crippen LogP contribution < -0.4 is 0 Å². The van der Waals surface area contributed by atoms with Gasteiger partial charge in [0.1, 0.15) is 5.82 Å². The van der Waals surface area contributed by atoms with Gasteiger partial charge in [-0.2, -0.15) is 0 Å². The monoisotopic (exact) mass is 346 g/mol. The molecule has 26 heavy (non-hydrogen) atoms. The molecule has 2 aromatic heterocycles. The van der Waals surface area contributed by atoms with Crippen LogP contribution in [0.2, 0.25) is 0 Å². The number of aromatic nitrogens is 3. The van der Waals surface area contributed by atoms with Crippen molar-refractivity contribution >= 4 is 11.6 Å². The van der Waals surface area contributed by atoms with Crippen molar-refractivity contribution in [2.75, 3.05) is 13.1 Å². The van der Waals surface area contributed by atoms with Crippen LogP contribution in [0.5, 0.6) is 0 Å². The first kappa shape index (κ1) is 15.6. The van der Waals surface area contributed by atoms with E-state index in [0.29, 0.717) is 5.91 Å². The highest BCUT2D eigenvalue weighted by Crippen LogP contribution is 2.50. The summed E-state index contributed by atoms with van der Waals surface area (Å²) < 4.78 is 2.06. The zero-order chi connectivity index (χ0) is 17.6. The highest BCUT2D eigenvalue weighted by atomic mass is 16.2. The number of hydrogen-bond donors (Lipinski definition) is 0. The summed E-state index contributed by atoms with van der Waals surface area (Å²) in [6.07, 6.45) is 6.01. The Morgan fingerprint density at radius 3 is 2.65 bits per heavy atom. The average molecular weight is 346 g/mol. The van der Waals surface area contributed by atoms with E-state index in [9.17, 15) is 4.79 Å². The first-order valence-electron chi connectivity index (χ1n) is 9.42. The molecule has 0 N–H and O–H groups in total. The summed E-state index contributed by atoms with van der Waals surface area (Å²) in [4.78, 5) is 15.4. The van der Waals surface area contributed by atoms with Crippen molar-refractivity contribution in [3.63, 3.8) is 0 Å². The van der Waals surface area contributed by atoms with Gasteiger partial charge in [-0.1, -0.05) is 36.4 Å². The van der Waals surface area contributed by atoms with E-state index < -0.39 is 0 Å². The molecule has 0 radical (unpaired) electrons. The summed E-state index contributed by atoms with van der Waals surface area (Å²) in [5.74, 6) is 1.52. The Hall–Kier alpha value is -2.69. The molecule has 3 aromatic rings. The van der Waals surface area contributed by atoms with Gasteiger partial charge in [-0.3, -0.25) is 9.20 Å². The van der Waals surface area contributed by atoms with E-state index in [1.165, 1.54) is 5.56 Å². The number of benzene rings is 1. The molecule has 1 aliphatic heterocycles. The SMILES string of the molecule is O=C(N1CCCC(c2nnc3ccccn23)C1)C1(c2ccccc2)CC1. The summed E-state index contributed by atoms with van der Waals surface area (Å²) in [5.41, 5.74) is 1.75. The third-order valence-corrected chi connectivity index (χ3v) is 5.90. The number of rotatable bonds is 3. The Morgan fingerprint density at radius 1 is 1.04 bits per heavy atom. The summed E-state index contributed by atoms with van der Waals surface area (Å²) in [6.45, 7) is 1.59. The maximum Gasteiger partial charge on any atom is 0.233 e. The van der Waals surface area contributed by atoms with Gasteiger partial charge in [0.05, 0.1) is 5.41 Å². The Kier molecular flexibility index (Phi) is 3.55. The predicted octanol–water partition coefficient (Wildman–Crippen LogP) is 3.17. The number of amides is 1. The largest absolute Gasteiger partial charge is 0.341 e. The lowest BCUT2D eigenvalue weighted by molar-refractivity contribution is -0.135. The molecular weight excluding hydrogens is 324 g/mol. The van der Waals surface area contributed by atoms with Crippen LogP contribution in [0.25, 0.3) is 5.65 Å². The van der Waals surface area contributed by atoms with Gasteiger partial charge in [-0.15, -0.1) is 10.2 Å². The van der Waals surface area contributed by atoms with Gasteiger partial charge in [0, 0.05) is 25.2 Å². The summed E-state index contributed by atoms with van der Waals surface area (Å²) in [5, 5.41) is 8.71. The lowest BCUT2D eigenvalue weighted by Gasteiger charge is -2.34. The van der Waals surface area contributed by atoms with Crippen molar-refractivity contribution in [3.8, 4) is 0 Å². The van der Waals surface area contributed by atoms with Crippen LogP contribution in [0, 0.1) is 0 Å². The summed E-state index contributed by atoms with van der Waals surface area (Å²) in [7, 11) is 0. The molecule has 1 aliphatic carbocycles. The molecule has 3 heterocycles. The number of pyridine rings is 1. The maximum atomic E-state index is 13.3. The van der Waals surface area contributed by atoms with Crippen molar-refractivity contribution < 1.29 is 4.79 Å². The topological polar surface area (TPSA) is 50.5 Å². The Labute approximate surface area is 152 Å². The molecule has 1 atom stereocenters. The van der Waals surface area contributed by atoms with Gasteiger partial charge < -0.3 is 4.90 Å². The fourth-order valence-corrected chi connectivity index (χ4v) is 4.32. The van der Waals surface area contributed by atoms with Crippen LogP contribution in [0.4, 0.5) is 0 Å². The Bertz CT molecular complexity index is 945. The second-order valence-corrected chi connectivity index (χ2v) is 7.53. The molecule has 1 saturated heterocycles. The van der Waals surface area contributed by atoms with Crippen molar-refractivity contribution in [2.45, 2.75) is 37.0 Å². The highest BCUT2D eigenvalue weighted by molar-refractivity contribution is 5.91. The molecular formula is C21H22N4O. The summed E-state index contributed by atoms with van der Waals surface area (Å²) in [6, 6.07) is 16.2. The lowest BCUT2D eigenvalue weighted by atomic mass is 9.91. The molecule has 2 aliphatic rings. The van der Waals surface area contributed by atoms with Crippen LogP contribution in [0.15, 0.2) is 54.7 Å². The standard InChI is InChI=1S/C21H22N4O/c26-20(21(11-12-21)17-8-2-1-3-9-17)24-13-6-7-16(15-24)19-23-22-18-10-4-5-14-25(18)19/h1-5,8-10,14,16H,6-7,11-13,15H2. The van der Waals surface area contributed by atoms with Gasteiger partial charge in [0.15, 0.2) is 5.65 Å². The van der Waals surface area contributed by atoms with Crippen LogP contribution in [0.1, 0.15) is 43.0 Å². The van der Waals surface area contributed by atoms with E-state index in [4.69, 9.17) is 0 Å². The molecule has 5 heteroatoms. The molecule has 1 unspecified atom stereocenters. The quantitative estimate of drug-likeness (QED) is 0.732. The number of piperidine rings is 1. The smallest absolute Gasteiger partial charge is 0.233 e. The second kappa shape index (κ2) is 5.94. The highest BCUT2D eigenvalue weighted by Gasteiger charge is 2.53. The molecule has 1 saturated carbocycles. The van der Waals surface area contributed by atoms with Gasteiger partial charge in [0.2, 0.25) is 5.91 Å². The second-order valence-electron chi connectivity index (χ2n) is 7.53. The third kappa shape index (κ3) is 2.42. The zero-order valence-corrected chi connectivity index (χ0v) is 14.7. The van der Waals surface area contributed by atoms with Gasteiger partial charge in [-0.05, 0) is 43.4 Å². The number of hydrogen-bond acceptors (Lipinski definition) is 3. The number of carbonyl (C=O) groups excluding carboxylic acids is 1. The average Bonchev–Trinajstić information content (AvgIpc) is 3.41. The molecule has 5 rings (SSSR count). The minimum Gasteiger partial charge on any atom is -0.341 e. The van der Waals surface area contributed by atoms with E-state index in [1.807, 2.05) is 42.6 Å². The molecule has 0 spiro atoms. The molecule has 0 bridgehead atoms. The Balaban J connectivity index is 1.40. The molecule has 5 nitrogen and oxygen atoms in total. The van der Waals surface area contributed by atoms with E-state index in [1.54, 1.807) is 0 Å². The lowest BCUT2D eigenvalue weighted by Crippen LogP contribution is -2.44. The van der Waals surface area contributed by atoms with Crippen molar-refractivity contribution in [1.29, 1.82) is 0 Å².